The summed E-state index contributed by atoms with van der Waals surface area (Å²) in [6, 6.07) is 1.56. The maximum Gasteiger partial charge on any atom is 0.268 e. The number of carbonyl (C=O) groups is 1. The molecule has 0 radical (unpaired) electrons. The van der Waals surface area contributed by atoms with Crippen LogP contribution in [-0.4, -0.2) is 33.2 Å². The van der Waals surface area contributed by atoms with Crippen LogP contribution >= 0.6 is 11.3 Å². The summed E-state index contributed by atoms with van der Waals surface area (Å²) in [5.74, 6) is -0.192. The van der Waals surface area contributed by atoms with Gasteiger partial charge in [0.05, 0.1) is 17.3 Å². The number of amides is 1. The maximum atomic E-state index is 12.0. The number of rotatable bonds is 4. The lowest BCUT2D eigenvalue weighted by Gasteiger charge is -2.10. The van der Waals surface area contributed by atoms with Gasteiger partial charge in [-0.05, 0) is 19.9 Å². The standard InChI is InChI=1S/C13H17N3O2S/c1-8(6-17)14-13(18)12-4-10(5-16(12)3)11-7-19-9(2)15-11/h4-5,7-8,17H,6H2,1-3H3,(H,14,18)/t8-/m0/s1. The van der Waals surface area contributed by atoms with Crippen LogP contribution in [0.3, 0.4) is 0 Å². The Morgan fingerprint density at radius 3 is 2.95 bits per heavy atom. The topological polar surface area (TPSA) is 67.2 Å². The Hall–Kier alpha value is -1.66. The van der Waals surface area contributed by atoms with Crippen molar-refractivity contribution in [1.29, 1.82) is 0 Å². The maximum absolute atomic E-state index is 12.0. The number of aliphatic hydroxyl groups excluding tert-OH is 1. The van der Waals surface area contributed by atoms with Crippen LogP contribution in [0.15, 0.2) is 17.6 Å². The van der Waals surface area contributed by atoms with Crippen molar-refractivity contribution < 1.29 is 9.90 Å². The first-order chi connectivity index (χ1) is 9.01. The predicted molar refractivity (Wildman–Crippen MR) is 75.3 cm³/mol. The molecular weight excluding hydrogens is 262 g/mol. The van der Waals surface area contributed by atoms with E-state index in [-0.39, 0.29) is 18.6 Å². The van der Waals surface area contributed by atoms with E-state index >= 15 is 0 Å². The average molecular weight is 279 g/mol. The molecule has 0 bridgehead atoms. The Balaban J connectivity index is 2.24. The second-order valence-electron chi connectivity index (χ2n) is 4.53. The Kier molecular flexibility index (Phi) is 4.01. The molecule has 0 aliphatic carbocycles. The van der Waals surface area contributed by atoms with Gasteiger partial charge in [-0.1, -0.05) is 0 Å². The van der Waals surface area contributed by atoms with Crippen LogP contribution in [0, 0.1) is 6.92 Å². The third-order valence-electron chi connectivity index (χ3n) is 2.80. The van der Waals surface area contributed by atoms with Gasteiger partial charge in [0, 0.05) is 30.2 Å². The molecule has 1 atom stereocenters. The predicted octanol–water partition coefficient (Wildman–Crippen LogP) is 1.57. The zero-order valence-electron chi connectivity index (χ0n) is 11.2. The van der Waals surface area contributed by atoms with Crippen molar-refractivity contribution in [1.82, 2.24) is 14.9 Å². The summed E-state index contributed by atoms with van der Waals surface area (Å²) in [7, 11) is 1.82. The van der Waals surface area contributed by atoms with Gasteiger partial charge in [0.2, 0.25) is 0 Å². The molecule has 0 saturated carbocycles. The summed E-state index contributed by atoms with van der Waals surface area (Å²) in [6.07, 6.45) is 1.88. The van der Waals surface area contributed by atoms with Crippen molar-refractivity contribution in [3.63, 3.8) is 0 Å². The fourth-order valence-electron chi connectivity index (χ4n) is 1.77. The zero-order valence-corrected chi connectivity index (χ0v) is 12.0. The number of thiazole rings is 1. The molecule has 0 aromatic carbocycles. The summed E-state index contributed by atoms with van der Waals surface area (Å²) in [4.78, 5) is 16.4. The highest BCUT2D eigenvalue weighted by Gasteiger charge is 2.15. The Morgan fingerprint density at radius 1 is 1.63 bits per heavy atom. The number of aryl methyl sites for hydroxylation is 2. The number of aliphatic hydroxyl groups is 1. The van der Waals surface area contributed by atoms with Crippen LogP contribution in [0.4, 0.5) is 0 Å². The van der Waals surface area contributed by atoms with Gasteiger partial charge in [0.15, 0.2) is 0 Å². The van der Waals surface area contributed by atoms with Crippen LogP contribution in [-0.2, 0) is 7.05 Å². The Labute approximate surface area is 115 Å². The SMILES string of the molecule is Cc1nc(-c2cc(C(=O)N[C@@H](C)CO)n(C)c2)cs1. The minimum absolute atomic E-state index is 0.0751. The van der Waals surface area contributed by atoms with Crippen molar-refractivity contribution in [2.24, 2.45) is 7.05 Å². The number of carbonyl (C=O) groups excluding carboxylic acids is 1. The first-order valence-corrected chi connectivity index (χ1v) is 6.90. The summed E-state index contributed by atoms with van der Waals surface area (Å²) in [5, 5.41) is 14.7. The van der Waals surface area contributed by atoms with Crippen LogP contribution in [0.5, 0.6) is 0 Å². The van der Waals surface area contributed by atoms with Crippen molar-refractivity contribution in [3.05, 3.63) is 28.3 Å². The first-order valence-electron chi connectivity index (χ1n) is 6.02. The zero-order chi connectivity index (χ0) is 14.0. The van der Waals surface area contributed by atoms with E-state index in [1.165, 1.54) is 0 Å². The fraction of sp³-hybridized carbons (Fsp3) is 0.385. The Morgan fingerprint density at radius 2 is 2.37 bits per heavy atom. The lowest BCUT2D eigenvalue weighted by Crippen LogP contribution is -2.35. The molecule has 0 saturated heterocycles. The third-order valence-corrected chi connectivity index (χ3v) is 3.58. The first kappa shape index (κ1) is 13.8. The summed E-state index contributed by atoms with van der Waals surface area (Å²) < 4.78 is 1.77. The lowest BCUT2D eigenvalue weighted by molar-refractivity contribution is 0.0914. The minimum Gasteiger partial charge on any atom is -0.394 e. The molecule has 6 heteroatoms. The van der Waals surface area contributed by atoms with Crippen LogP contribution < -0.4 is 5.32 Å². The molecule has 0 unspecified atom stereocenters. The van der Waals surface area contributed by atoms with Crippen LogP contribution in [0.1, 0.15) is 22.4 Å². The van der Waals surface area contributed by atoms with E-state index in [0.717, 1.165) is 16.3 Å². The third kappa shape index (κ3) is 3.02. The average Bonchev–Trinajstić information content (AvgIpc) is 2.95. The molecule has 1 amide bonds. The second kappa shape index (κ2) is 5.54. The van der Waals surface area contributed by atoms with E-state index in [4.69, 9.17) is 5.11 Å². The number of hydrogen-bond donors (Lipinski definition) is 2. The number of aromatic nitrogens is 2. The van der Waals surface area contributed by atoms with Gasteiger partial charge in [0.25, 0.3) is 5.91 Å². The molecule has 0 aliphatic heterocycles. The van der Waals surface area contributed by atoms with Gasteiger partial charge in [0.1, 0.15) is 5.69 Å². The van der Waals surface area contributed by atoms with E-state index in [2.05, 4.69) is 10.3 Å². The fourth-order valence-corrected chi connectivity index (χ4v) is 2.39. The van der Waals surface area contributed by atoms with Gasteiger partial charge < -0.3 is 15.0 Å². The van der Waals surface area contributed by atoms with E-state index in [1.54, 1.807) is 22.8 Å². The highest BCUT2D eigenvalue weighted by atomic mass is 32.1. The molecule has 0 aliphatic rings. The molecule has 2 aromatic heterocycles. The van der Waals surface area contributed by atoms with E-state index < -0.39 is 0 Å². The van der Waals surface area contributed by atoms with E-state index in [9.17, 15) is 4.79 Å². The largest absolute Gasteiger partial charge is 0.394 e. The summed E-state index contributed by atoms with van der Waals surface area (Å²) in [5.41, 5.74) is 2.36. The lowest BCUT2D eigenvalue weighted by atomic mass is 10.2. The molecule has 0 fully saturated rings. The quantitative estimate of drug-likeness (QED) is 0.892. The van der Waals surface area contributed by atoms with Gasteiger partial charge in [-0.2, -0.15) is 0 Å². The molecular formula is C13H17N3O2S. The number of hydrogen-bond acceptors (Lipinski definition) is 4. The summed E-state index contributed by atoms with van der Waals surface area (Å²) in [6.45, 7) is 3.63. The van der Waals surface area contributed by atoms with Crippen molar-refractivity contribution in [2.75, 3.05) is 6.61 Å². The number of nitrogens with zero attached hydrogens (tertiary/aromatic N) is 2. The van der Waals surface area contributed by atoms with E-state index in [1.807, 2.05) is 31.6 Å². The van der Waals surface area contributed by atoms with E-state index in [0.29, 0.717) is 5.69 Å². The van der Waals surface area contributed by atoms with Gasteiger partial charge in [-0.15, -0.1) is 11.3 Å². The van der Waals surface area contributed by atoms with Crippen molar-refractivity contribution >= 4 is 17.2 Å². The molecule has 2 N–H and O–H groups in total. The van der Waals surface area contributed by atoms with Crippen molar-refractivity contribution in [3.8, 4) is 11.3 Å². The highest BCUT2D eigenvalue weighted by Crippen LogP contribution is 2.23. The molecule has 0 spiro atoms. The van der Waals surface area contributed by atoms with Crippen LogP contribution in [0.25, 0.3) is 11.3 Å². The Bertz CT molecular complexity index is 588. The molecule has 102 valence electrons. The molecule has 5 nitrogen and oxygen atoms in total. The normalized spacial score (nSPS) is 12.4. The van der Waals surface area contributed by atoms with Gasteiger partial charge in [-0.25, -0.2) is 4.98 Å². The number of nitrogens with one attached hydrogen (secondary N) is 1. The van der Waals surface area contributed by atoms with Crippen LogP contribution in [0.2, 0.25) is 0 Å². The summed E-state index contributed by atoms with van der Waals surface area (Å²) >= 11 is 1.58. The second-order valence-corrected chi connectivity index (χ2v) is 5.60. The van der Waals surface area contributed by atoms with Gasteiger partial charge in [-0.3, -0.25) is 4.79 Å². The molecule has 2 aromatic rings. The molecule has 2 heterocycles. The molecule has 19 heavy (non-hydrogen) atoms. The minimum atomic E-state index is -0.257. The molecule has 2 rings (SSSR count). The highest BCUT2D eigenvalue weighted by molar-refractivity contribution is 7.09. The monoisotopic (exact) mass is 279 g/mol. The van der Waals surface area contributed by atoms with Crippen molar-refractivity contribution in [2.45, 2.75) is 19.9 Å². The smallest absolute Gasteiger partial charge is 0.268 e. The van der Waals surface area contributed by atoms with Gasteiger partial charge >= 0.3 is 0 Å².